The molecule has 2 aromatic carbocycles. The topological polar surface area (TPSA) is 102 Å². The van der Waals surface area contributed by atoms with Gasteiger partial charge in [-0.3, -0.25) is 14.2 Å². The molecule has 0 spiro atoms. The molecule has 0 N–H and O–H groups in total. The molecule has 0 bridgehead atoms. The number of likely N-dealkylation sites (tertiary alicyclic amines) is 1. The van der Waals surface area contributed by atoms with Crippen LogP contribution in [0.2, 0.25) is 0 Å². The molecule has 0 unspecified atom stereocenters. The summed E-state index contributed by atoms with van der Waals surface area (Å²) in [5.41, 5.74) is 1.20. The quantitative estimate of drug-likeness (QED) is 0.478. The van der Waals surface area contributed by atoms with E-state index in [0.29, 0.717) is 46.8 Å². The van der Waals surface area contributed by atoms with E-state index in [4.69, 9.17) is 9.47 Å². The van der Waals surface area contributed by atoms with E-state index < -0.39 is 5.97 Å². The predicted molar refractivity (Wildman–Crippen MR) is 137 cm³/mol. The third-order valence-electron chi connectivity index (χ3n) is 5.79. The van der Waals surface area contributed by atoms with E-state index in [2.05, 4.69) is 6.07 Å². The Morgan fingerprint density at radius 1 is 1.08 bits per heavy atom. The van der Waals surface area contributed by atoms with E-state index in [-0.39, 0.29) is 21.7 Å². The first-order chi connectivity index (χ1) is 17.5. The molecular formula is C27H25N3O5S. The van der Waals surface area contributed by atoms with Gasteiger partial charge in [0.25, 0.3) is 11.5 Å². The molecule has 9 heteroatoms. The molecule has 0 saturated carbocycles. The van der Waals surface area contributed by atoms with E-state index in [0.717, 1.165) is 24.2 Å². The number of thiazole rings is 1. The van der Waals surface area contributed by atoms with Crippen molar-refractivity contribution in [2.75, 3.05) is 26.8 Å². The molecule has 3 aromatic rings. The minimum absolute atomic E-state index is 0.0615. The number of ether oxygens (including phenoxy) is 2. The highest BCUT2D eigenvalue weighted by molar-refractivity contribution is 7.07. The number of benzene rings is 2. The Hall–Kier alpha value is -4.16. The van der Waals surface area contributed by atoms with Crippen LogP contribution in [0.1, 0.15) is 35.7 Å². The van der Waals surface area contributed by atoms with E-state index in [1.54, 1.807) is 59.5 Å². The fraction of sp³-hybridized carbons (Fsp3) is 0.259. The number of nitriles is 1. The lowest BCUT2D eigenvalue weighted by molar-refractivity contribution is -0.123. The zero-order chi connectivity index (χ0) is 25.7. The minimum atomic E-state index is -0.452. The summed E-state index contributed by atoms with van der Waals surface area (Å²) < 4.78 is 12.3. The molecule has 2 heterocycles. The Morgan fingerprint density at radius 3 is 2.33 bits per heavy atom. The second-order valence-corrected chi connectivity index (χ2v) is 9.11. The van der Waals surface area contributed by atoms with Gasteiger partial charge in [0, 0.05) is 13.1 Å². The van der Waals surface area contributed by atoms with Crippen molar-refractivity contribution in [1.29, 1.82) is 5.26 Å². The lowest BCUT2D eigenvalue weighted by atomic mass is 10.1. The Morgan fingerprint density at radius 2 is 1.75 bits per heavy atom. The first-order valence-corrected chi connectivity index (χ1v) is 12.4. The standard InChI is InChI=1S/C27H25N3O5S/c1-3-35-21-12-10-20(11-13-21)30-25(32)23(16-18-6-8-19(9-7-18)27(33)34-2)36-26(30)22(17-28)24(31)29-14-4-5-15-29/h6-13,16H,3-5,14-15H2,1-2H3. The number of methoxy groups -OCH3 is 1. The van der Waals surface area contributed by atoms with Gasteiger partial charge in [0.2, 0.25) is 0 Å². The van der Waals surface area contributed by atoms with Crippen molar-refractivity contribution in [3.63, 3.8) is 0 Å². The number of nitrogens with zero attached hydrogens (tertiary/aromatic N) is 3. The van der Waals surface area contributed by atoms with E-state index in [1.807, 2.05) is 6.92 Å². The zero-order valence-electron chi connectivity index (χ0n) is 20.0. The van der Waals surface area contributed by atoms with Crippen LogP contribution in [-0.2, 0) is 9.53 Å². The van der Waals surface area contributed by atoms with Crippen LogP contribution >= 0.6 is 11.3 Å². The molecular weight excluding hydrogens is 478 g/mol. The molecule has 1 aliphatic heterocycles. The Labute approximate surface area is 211 Å². The van der Waals surface area contributed by atoms with Crippen LogP contribution < -0.4 is 19.5 Å². The number of esters is 1. The number of aromatic nitrogens is 1. The molecule has 8 nitrogen and oxygen atoms in total. The smallest absolute Gasteiger partial charge is 0.337 e. The molecule has 0 radical (unpaired) electrons. The van der Waals surface area contributed by atoms with Crippen LogP contribution in [0.15, 0.2) is 53.3 Å². The molecule has 0 atom stereocenters. The lowest BCUT2D eigenvalue weighted by Gasteiger charge is -2.14. The molecule has 0 aliphatic carbocycles. The van der Waals surface area contributed by atoms with E-state index >= 15 is 0 Å². The monoisotopic (exact) mass is 503 g/mol. The first-order valence-electron chi connectivity index (χ1n) is 11.6. The van der Waals surface area contributed by atoms with Crippen molar-refractivity contribution in [3.05, 3.63) is 79.2 Å². The maximum atomic E-state index is 13.6. The normalized spacial score (nSPS) is 14.4. The van der Waals surface area contributed by atoms with E-state index in [9.17, 15) is 19.6 Å². The minimum Gasteiger partial charge on any atom is -0.494 e. The van der Waals surface area contributed by atoms with Crippen molar-refractivity contribution in [2.45, 2.75) is 19.8 Å². The molecule has 4 rings (SSSR count). The van der Waals surface area contributed by atoms with Crippen molar-refractivity contribution >= 4 is 34.9 Å². The van der Waals surface area contributed by atoms with Gasteiger partial charge < -0.3 is 14.4 Å². The van der Waals surface area contributed by atoms with Crippen LogP contribution in [-0.4, -0.2) is 48.1 Å². The van der Waals surface area contributed by atoms with Crippen molar-refractivity contribution in [3.8, 4) is 17.5 Å². The van der Waals surface area contributed by atoms with Crippen LogP contribution in [0, 0.1) is 11.3 Å². The van der Waals surface area contributed by atoms with Crippen LogP contribution in [0.3, 0.4) is 0 Å². The van der Waals surface area contributed by atoms with Gasteiger partial charge in [0.05, 0.1) is 29.5 Å². The average Bonchev–Trinajstić information content (AvgIpc) is 3.54. The van der Waals surface area contributed by atoms with Gasteiger partial charge in [-0.2, -0.15) is 5.26 Å². The Kier molecular flexibility index (Phi) is 7.66. The molecule has 1 amide bonds. The second-order valence-electron chi connectivity index (χ2n) is 8.08. The predicted octanol–water partition coefficient (Wildman–Crippen LogP) is 2.21. The third-order valence-corrected chi connectivity index (χ3v) is 6.88. The average molecular weight is 504 g/mol. The Balaban J connectivity index is 1.91. The second kappa shape index (κ2) is 11.1. The van der Waals surface area contributed by atoms with Gasteiger partial charge in [0.15, 0.2) is 5.57 Å². The summed E-state index contributed by atoms with van der Waals surface area (Å²) in [5.74, 6) is -0.169. The molecule has 36 heavy (non-hydrogen) atoms. The fourth-order valence-electron chi connectivity index (χ4n) is 3.99. The number of carbonyl (C=O) groups excluding carboxylic acids is 2. The van der Waals surface area contributed by atoms with Crippen molar-refractivity contribution in [2.24, 2.45) is 0 Å². The maximum absolute atomic E-state index is 13.6. The number of hydrogen-bond donors (Lipinski definition) is 0. The number of rotatable bonds is 6. The van der Waals surface area contributed by atoms with Gasteiger partial charge in [0.1, 0.15) is 16.5 Å². The van der Waals surface area contributed by atoms with Gasteiger partial charge in [-0.15, -0.1) is 11.3 Å². The highest BCUT2D eigenvalue weighted by Crippen LogP contribution is 2.15. The van der Waals surface area contributed by atoms with Gasteiger partial charge in [-0.1, -0.05) is 12.1 Å². The maximum Gasteiger partial charge on any atom is 0.337 e. The van der Waals surface area contributed by atoms with Crippen LogP contribution in [0.4, 0.5) is 0 Å². The summed E-state index contributed by atoms with van der Waals surface area (Å²) in [5, 5.41) is 9.97. The molecule has 1 aliphatic rings. The SMILES string of the molecule is CCOc1ccc(-n2c(=C(C#N)C(=O)N3CCCC3)sc(=Cc3ccc(C(=O)OC)cc3)c2=O)cc1. The molecule has 1 saturated heterocycles. The molecule has 184 valence electrons. The molecule has 1 aromatic heterocycles. The zero-order valence-corrected chi connectivity index (χ0v) is 20.8. The third kappa shape index (κ3) is 5.09. The van der Waals surface area contributed by atoms with Gasteiger partial charge in [-0.25, -0.2) is 4.79 Å². The summed E-state index contributed by atoms with van der Waals surface area (Å²) >= 11 is 1.09. The highest BCUT2D eigenvalue weighted by Gasteiger charge is 2.24. The summed E-state index contributed by atoms with van der Waals surface area (Å²) in [6.45, 7) is 3.57. The van der Waals surface area contributed by atoms with Gasteiger partial charge >= 0.3 is 5.97 Å². The molecule has 1 fully saturated rings. The summed E-state index contributed by atoms with van der Waals surface area (Å²) in [6, 6.07) is 15.6. The van der Waals surface area contributed by atoms with Gasteiger partial charge in [-0.05, 0) is 67.8 Å². The first kappa shape index (κ1) is 24.9. The summed E-state index contributed by atoms with van der Waals surface area (Å²) in [7, 11) is 1.31. The van der Waals surface area contributed by atoms with E-state index in [1.165, 1.54) is 11.7 Å². The fourth-order valence-corrected chi connectivity index (χ4v) is 5.09. The van der Waals surface area contributed by atoms with Crippen LogP contribution in [0.5, 0.6) is 5.75 Å². The van der Waals surface area contributed by atoms with Crippen LogP contribution in [0.25, 0.3) is 17.3 Å². The lowest BCUT2D eigenvalue weighted by Crippen LogP contribution is -2.35. The number of amides is 1. The largest absolute Gasteiger partial charge is 0.494 e. The Bertz CT molecular complexity index is 1490. The highest BCUT2D eigenvalue weighted by atomic mass is 32.1. The summed E-state index contributed by atoms with van der Waals surface area (Å²) in [6.07, 6.45) is 3.46. The summed E-state index contributed by atoms with van der Waals surface area (Å²) in [4.78, 5) is 40.2. The van der Waals surface area contributed by atoms with Crippen molar-refractivity contribution < 1.29 is 19.1 Å². The van der Waals surface area contributed by atoms with Crippen molar-refractivity contribution in [1.82, 2.24) is 9.47 Å². The number of hydrogen-bond acceptors (Lipinski definition) is 7. The number of carbonyl (C=O) groups is 2.